The molecule has 3 aromatic rings. The lowest BCUT2D eigenvalue weighted by molar-refractivity contribution is -0.119. The van der Waals surface area contributed by atoms with Crippen molar-refractivity contribution in [1.29, 1.82) is 0 Å². The molecule has 1 heterocycles. The zero-order chi connectivity index (χ0) is 17.1. The van der Waals surface area contributed by atoms with Crippen LogP contribution in [0.5, 0.6) is 0 Å². The molecule has 124 valence electrons. The standard InChI is InChI=1S/C19H21N3O2/c1-3-14-8-9-17-18(10-14)22(19(24)21-17)12-16-6-4-15(5-7-16)11-20-13(2)23/h4-10H,3,11-12H2,1-2H3,(H,20,23)(H,21,24). The minimum Gasteiger partial charge on any atom is -0.352 e. The summed E-state index contributed by atoms with van der Waals surface area (Å²) in [6, 6.07) is 14.0. The van der Waals surface area contributed by atoms with E-state index in [1.54, 1.807) is 4.57 Å². The van der Waals surface area contributed by atoms with E-state index >= 15 is 0 Å². The van der Waals surface area contributed by atoms with E-state index in [2.05, 4.69) is 23.3 Å². The lowest BCUT2D eigenvalue weighted by Gasteiger charge is -2.07. The molecule has 0 aliphatic rings. The first kappa shape index (κ1) is 16.1. The van der Waals surface area contributed by atoms with Gasteiger partial charge in [-0.1, -0.05) is 37.3 Å². The van der Waals surface area contributed by atoms with E-state index in [0.29, 0.717) is 13.1 Å². The van der Waals surface area contributed by atoms with Gasteiger partial charge in [-0.25, -0.2) is 4.79 Å². The Kier molecular flexibility index (Phi) is 4.51. The number of nitrogens with one attached hydrogen (secondary N) is 2. The van der Waals surface area contributed by atoms with Crippen molar-refractivity contribution >= 4 is 16.9 Å². The lowest BCUT2D eigenvalue weighted by atomic mass is 10.1. The molecule has 0 radical (unpaired) electrons. The van der Waals surface area contributed by atoms with E-state index in [1.165, 1.54) is 12.5 Å². The zero-order valence-electron chi connectivity index (χ0n) is 13.9. The van der Waals surface area contributed by atoms with Gasteiger partial charge in [0.1, 0.15) is 0 Å². The number of hydrogen-bond acceptors (Lipinski definition) is 2. The van der Waals surface area contributed by atoms with Gasteiger partial charge in [0, 0.05) is 13.5 Å². The number of carbonyl (C=O) groups is 1. The lowest BCUT2D eigenvalue weighted by Crippen LogP contribution is -2.19. The van der Waals surface area contributed by atoms with Crippen molar-refractivity contribution in [1.82, 2.24) is 14.9 Å². The molecule has 0 saturated heterocycles. The van der Waals surface area contributed by atoms with Gasteiger partial charge in [-0.05, 0) is 35.2 Å². The Morgan fingerprint density at radius 3 is 2.42 bits per heavy atom. The zero-order valence-corrected chi connectivity index (χ0v) is 13.9. The first-order valence-corrected chi connectivity index (χ1v) is 8.10. The maximum atomic E-state index is 12.2. The van der Waals surface area contributed by atoms with Crippen LogP contribution in [0.3, 0.4) is 0 Å². The number of rotatable bonds is 5. The van der Waals surface area contributed by atoms with Gasteiger partial charge in [-0.2, -0.15) is 0 Å². The van der Waals surface area contributed by atoms with Gasteiger partial charge in [0.15, 0.2) is 0 Å². The Bertz CT molecular complexity index is 920. The number of amides is 1. The Morgan fingerprint density at radius 1 is 1.08 bits per heavy atom. The molecular formula is C19H21N3O2. The molecule has 2 aromatic carbocycles. The van der Waals surface area contributed by atoms with Crippen LogP contribution in [0.25, 0.3) is 11.0 Å². The molecule has 0 bridgehead atoms. The number of aryl methyl sites for hydroxylation is 1. The van der Waals surface area contributed by atoms with Crippen LogP contribution in [0.4, 0.5) is 0 Å². The van der Waals surface area contributed by atoms with Crippen LogP contribution in [-0.2, 0) is 24.3 Å². The fraction of sp³-hybridized carbons (Fsp3) is 0.263. The number of H-pyrrole nitrogens is 1. The summed E-state index contributed by atoms with van der Waals surface area (Å²) in [5.41, 5.74) is 4.99. The van der Waals surface area contributed by atoms with Crippen molar-refractivity contribution in [2.24, 2.45) is 0 Å². The largest absolute Gasteiger partial charge is 0.352 e. The van der Waals surface area contributed by atoms with Gasteiger partial charge >= 0.3 is 5.69 Å². The molecule has 1 aromatic heterocycles. The molecule has 5 nitrogen and oxygen atoms in total. The second kappa shape index (κ2) is 6.74. The molecule has 0 saturated carbocycles. The molecule has 0 unspecified atom stereocenters. The molecular weight excluding hydrogens is 302 g/mol. The molecule has 24 heavy (non-hydrogen) atoms. The van der Waals surface area contributed by atoms with E-state index in [0.717, 1.165) is 28.6 Å². The number of aromatic nitrogens is 2. The van der Waals surface area contributed by atoms with Gasteiger partial charge in [0.25, 0.3) is 0 Å². The first-order chi connectivity index (χ1) is 11.6. The molecule has 0 atom stereocenters. The van der Waals surface area contributed by atoms with Crippen molar-refractivity contribution in [2.45, 2.75) is 33.4 Å². The molecule has 2 N–H and O–H groups in total. The molecule has 0 aliphatic heterocycles. The van der Waals surface area contributed by atoms with E-state index in [4.69, 9.17) is 0 Å². The molecule has 3 rings (SSSR count). The number of imidazole rings is 1. The molecule has 0 aliphatic carbocycles. The summed E-state index contributed by atoms with van der Waals surface area (Å²) in [4.78, 5) is 26.1. The highest BCUT2D eigenvalue weighted by Gasteiger charge is 2.08. The summed E-state index contributed by atoms with van der Waals surface area (Å²) in [7, 11) is 0. The summed E-state index contributed by atoms with van der Waals surface area (Å²) >= 11 is 0. The van der Waals surface area contributed by atoms with E-state index < -0.39 is 0 Å². The van der Waals surface area contributed by atoms with Crippen molar-refractivity contribution in [3.05, 3.63) is 69.6 Å². The van der Waals surface area contributed by atoms with Crippen molar-refractivity contribution in [3.8, 4) is 0 Å². The Morgan fingerprint density at radius 2 is 1.75 bits per heavy atom. The highest BCUT2D eigenvalue weighted by atomic mass is 16.1. The van der Waals surface area contributed by atoms with Gasteiger partial charge in [0.05, 0.1) is 17.6 Å². The quantitative estimate of drug-likeness (QED) is 0.758. The second-order valence-corrected chi connectivity index (χ2v) is 5.95. The van der Waals surface area contributed by atoms with Crippen molar-refractivity contribution in [2.75, 3.05) is 0 Å². The number of nitrogens with zero attached hydrogens (tertiary/aromatic N) is 1. The summed E-state index contributed by atoms with van der Waals surface area (Å²) in [6.07, 6.45) is 0.938. The van der Waals surface area contributed by atoms with E-state index in [-0.39, 0.29) is 11.6 Å². The van der Waals surface area contributed by atoms with Gasteiger partial charge < -0.3 is 10.3 Å². The van der Waals surface area contributed by atoms with Crippen LogP contribution in [-0.4, -0.2) is 15.5 Å². The number of fused-ring (bicyclic) bond motifs is 1. The molecule has 0 spiro atoms. The Balaban J connectivity index is 1.85. The van der Waals surface area contributed by atoms with Crippen LogP contribution < -0.4 is 11.0 Å². The predicted molar refractivity (Wildman–Crippen MR) is 95.0 cm³/mol. The van der Waals surface area contributed by atoms with Crippen LogP contribution >= 0.6 is 0 Å². The Hall–Kier alpha value is -2.82. The highest BCUT2D eigenvalue weighted by molar-refractivity contribution is 5.76. The average molecular weight is 323 g/mol. The average Bonchev–Trinajstić information content (AvgIpc) is 2.89. The SMILES string of the molecule is CCc1ccc2[nH]c(=O)n(Cc3ccc(CNC(C)=O)cc3)c2c1. The normalized spacial score (nSPS) is 10.9. The van der Waals surface area contributed by atoms with Crippen molar-refractivity contribution in [3.63, 3.8) is 0 Å². The summed E-state index contributed by atoms with van der Waals surface area (Å²) < 4.78 is 1.76. The minimum absolute atomic E-state index is 0.0452. The minimum atomic E-state index is -0.0967. The van der Waals surface area contributed by atoms with Crippen LogP contribution in [0, 0.1) is 0 Å². The van der Waals surface area contributed by atoms with Crippen LogP contribution in [0.1, 0.15) is 30.5 Å². The second-order valence-electron chi connectivity index (χ2n) is 5.95. The number of hydrogen-bond donors (Lipinski definition) is 2. The van der Waals surface area contributed by atoms with Gasteiger partial charge in [-0.15, -0.1) is 0 Å². The third-order valence-corrected chi connectivity index (χ3v) is 4.15. The molecule has 1 amide bonds. The maximum Gasteiger partial charge on any atom is 0.326 e. The fourth-order valence-electron chi connectivity index (χ4n) is 2.75. The number of benzene rings is 2. The van der Waals surface area contributed by atoms with E-state index in [9.17, 15) is 9.59 Å². The third kappa shape index (κ3) is 3.40. The molecule has 0 fully saturated rings. The predicted octanol–water partition coefficient (Wildman–Crippen LogP) is 2.58. The Labute approximate surface area is 140 Å². The summed E-state index contributed by atoms with van der Waals surface area (Å²) in [5.74, 6) is -0.0452. The summed E-state index contributed by atoms with van der Waals surface area (Å²) in [5, 5.41) is 2.77. The van der Waals surface area contributed by atoms with Crippen LogP contribution in [0.15, 0.2) is 47.3 Å². The smallest absolute Gasteiger partial charge is 0.326 e. The van der Waals surface area contributed by atoms with Gasteiger partial charge in [0.2, 0.25) is 5.91 Å². The number of carbonyl (C=O) groups excluding carboxylic acids is 1. The summed E-state index contributed by atoms with van der Waals surface area (Å²) in [6.45, 7) is 4.64. The van der Waals surface area contributed by atoms with Gasteiger partial charge in [-0.3, -0.25) is 9.36 Å². The van der Waals surface area contributed by atoms with Crippen LogP contribution in [0.2, 0.25) is 0 Å². The van der Waals surface area contributed by atoms with Crippen molar-refractivity contribution < 1.29 is 4.79 Å². The third-order valence-electron chi connectivity index (χ3n) is 4.15. The monoisotopic (exact) mass is 323 g/mol. The fourth-order valence-corrected chi connectivity index (χ4v) is 2.75. The highest BCUT2D eigenvalue weighted by Crippen LogP contribution is 2.15. The first-order valence-electron chi connectivity index (χ1n) is 8.10. The number of aromatic amines is 1. The maximum absolute atomic E-state index is 12.2. The topological polar surface area (TPSA) is 66.9 Å². The molecule has 5 heteroatoms. The van der Waals surface area contributed by atoms with E-state index in [1.807, 2.05) is 36.4 Å².